The Kier molecular flexibility index (Phi) is 12.1. The molecule has 14 nitrogen and oxygen atoms in total. The summed E-state index contributed by atoms with van der Waals surface area (Å²) in [4.78, 5) is 52.5. The van der Waals surface area contributed by atoms with Crippen LogP contribution < -0.4 is 16.8 Å². The van der Waals surface area contributed by atoms with Crippen LogP contribution in [-0.4, -0.2) is 102 Å². The summed E-state index contributed by atoms with van der Waals surface area (Å²) in [7, 11) is 2.13. The topological polar surface area (TPSA) is 168 Å². The van der Waals surface area contributed by atoms with Gasteiger partial charge in [0.1, 0.15) is 29.9 Å². The van der Waals surface area contributed by atoms with Crippen LogP contribution in [0.4, 0.5) is 5.82 Å². The van der Waals surface area contributed by atoms with Gasteiger partial charge in [-0.15, -0.1) is 0 Å². The van der Waals surface area contributed by atoms with Gasteiger partial charge in [-0.25, -0.2) is 19.3 Å². The van der Waals surface area contributed by atoms with Gasteiger partial charge >= 0.3 is 5.76 Å². The predicted molar refractivity (Wildman–Crippen MR) is 251 cm³/mol. The summed E-state index contributed by atoms with van der Waals surface area (Å²) in [5, 5.41) is 13.4. The van der Waals surface area contributed by atoms with Crippen molar-refractivity contribution in [1.82, 2.24) is 34.2 Å². The Labute approximate surface area is 378 Å². The molecule has 4 aromatic heterocycles. The lowest BCUT2D eigenvalue weighted by atomic mass is 9.89. The number of aliphatic hydroxyl groups is 1. The Morgan fingerprint density at radius 1 is 0.908 bits per heavy atom. The number of oxazole rings is 1. The summed E-state index contributed by atoms with van der Waals surface area (Å²) in [5.74, 6) is 1.32. The van der Waals surface area contributed by atoms with Gasteiger partial charge in [-0.05, 0) is 128 Å². The maximum absolute atomic E-state index is 13.7. The average Bonchev–Trinajstić information content (AvgIpc) is 3.70. The van der Waals surface area contributed by atoms with Crippen molar-refractivity contribution in [3.63, 3.8) is 0 Å². The van der Waals surface area contributed by atoms with Crippen molar-refractivity contribution in [3.8, 4) is 11.1 Å². The Morgan fingerprint density at radius 3 is 2.49 bits per heavy atom. The summed E-state index contributed by atoms with van der Waals surface area (Å²) < 4.78 is 11.7. The van der Waals surface area contributed by atoms with Crippen molar-refractivity contribution in [2.24, 2.45) is 18.9 Å². The van der Waals surface area contributed by atoms with Crippen LogP contribution in [0.15, 0.2) is 88.3 Å². The van der Waals surface area contributed by atoms with Gasteiger partial charge in [0.15, 0.2) is 18.7 Å². The number of nitrogens with one attached hydrogen (secondary N) is 1. The number of piperidine rings is 2. The Bertz CT molecular complexity index is 2770. The fourth-order valence-corrected chi connectivity index (χ4v) is 11.0. The summed E-state index contributed by atoms with van der Waals surface area (Å²) in [6.07, 6.45) is 14.9. The third-order valence-corrected chi connectivity index (χ3v) is 14.7. The number of carbonyl (C=O) groups excluding carboxylic acids is 2. The van der Waals surface area contributed by atoms with Crippen LogP contribution in [0.2, 0.25) is 0 Å². The zero-order valence-electron chi connectivity index (χ0n) is 37.3. The number of nitrogens with two attached hydrogens (primary N) is 1. The zero-order valence-corrected chi connectivity index (χ0v) is 37.3. The normalized spacial score (nSPS) is 22.6. The molecule has 4 fully saturated rings. The van der Waals surface area contributed by atoms with Crippen molar-refractivity contribution in [3.05, 3.63) is 112 Å². The Balaban J connectivity index is 0.680. The number of aromatic nitrogens is 4. The number of aryl methyl sites for hydroxylation is 1. The molecule has 0 bridgehead atoms. The van der Waals surface area contributed by atoms with Crippen LogP contribution in [0.1, 0.15) is 96.9 Å². The lowest BCUT2D eigenvalue weighted by molar-refractivity contribution is -0.537. The second kappa shape index (κ2) is 18.4. The van der Waals surface area contributed by atoms with Crippen molar-refractivity contribution in [2.45, 2.75) is 88.9 Å². The highest BCUT2D eigenvalue weighted by Gasteiger charge is 2.32. The predicted octanol–water partition coefficient (Wildman–Crippen LogP) is 6.25. The number of nitrogens with zero attached hydrogens (tertiary/aromatic N) is 7. The molecule has 7 heterocycles. The number of carbonyl (C=O) groups is 2. The minimum Gasteiger partial charge on any atom is -0.408 e. The highest BCUT2D eigenvalue weighted by Crippen LogP contribution is 2.37. The number of aliphatic hydroxyl groups excluding tert-OH is 1. The fourth-order valence-electron chi connectivity index (χ4n) is 11.0. The molecule has 14 heteroatoms. The fraction of sp³-hybridized carbons (Fsp3) is 0.451. The SMILES string of the molecule is Cn1c(C[C@@H]2CCCC(c3ccc(C(=O)N4CCC(C=[N+]5CCN(Cc6ccc7c(c6)oc(=O)n7C6CCC(O)NC6=O)CC5)CC4)cc3)CC2)cc2c(-c3ccc(N)nc3)ccnc21. The van der Waals surface area contributed by atoms with Crippen LogP contribution in [0.25, 0.3) is 33.3 Å². The zero-order chi connectivity index (χ0) is 44.6. The van der Waals surface area contributed by atoms with Crippen LogP contribution in [-0.2, 0) is 24.8 Å². The number of pyridine rings is 2. The minimum absolute atomic E-state index is 0.137. The van der Waals surface area contributed by atoms with Gasteiger partial charge in [0, 0.05) is 67.2 Å². The smallest absolute Gasteiger partial charge is 0.408 e. The number of hydrogen-bond donors (Lipinski definition) is 3. The van der Waals surface area contributed by atoms with E-state index >= 15 is 0 Å². The molecular formula is C51H60N9O5+. The summed E-state index contributed by atoms with van der Waals surface area (Å²) in [6.45, 7) is 6.02. The molecule has 4 N–H and O–H groups in total. The lowest BCUT2D eigenvalue weighted by Gasteiger charge is -2.31. The number of hydrogen-bond acceptors (Lipinski definition) is 9. The second-order valence-corrected chi connectivity index (χ2v) is 18.9. The van der Waals surface area contributed by atoms with E-state index in [0.717, 1.165) is 105 Å². The summed E-state index contributed by atoms with van der Waals surface area (Å²) in [5.41, 5.74) is 14.6. The number of benzene rings is 2. The monoisotopic (exact) mass is 878 g/mol. The molecule has 0 radical (unpaired) electrons. The Morgan fingerprint density at radius 2 is 1.72 bits per heavy atom. The first-order valence-corrected chi connectivity index (χ1v) is 23.6. The van der Waals surface area contributed by atoms with E-state index in [0.29, 0.717) is 47.5 Å². The number of rotatable bonds is 9. The third-order valence-electron chi connectivity index (χ3n) is 14.7. The van der Waals surface area contributed by atoms with E-state index in [9.17, 15) is 19.5 Å². The molecule has 0 spiro atoms. The van der Waals surface area contributed by atoms with E-state index in [1.54, 1.807) is 0 Å². The van der Waals surface area contributed by atoms with E-state index < -0.39 is 18.0 Å². The number of anilines is 1. The molecule has 3 unspecified atom stereocenters. The summed E-state index contributed by atoms with van der Waals surface area (Å²) in [6, 6.07) is 21.9. The van der Waals surface area contributed by atoms with Crippen LogP contribution in [0, 0.1) is 11.8 Å². The van der Waals surface area contributed by atoms with E-state index in [4.69, 9.17) is 15.1 Å². The molecule has 3 saturated heterocycles. The first-order chi connectivity index (χ1) is 31.6. The number of amides is 2. The van der Waals surface area contributed by atoms with Gasteiger partial charge in [0.25, 0.3) is 5.91 Å². The second-order valence-electron chi connectivity index (χ2n) is 18.9. The largest absolute Gasteiger partial charge is 0.420 e. The van der Waals surface area contributed by atoms with Gasteiger partial charge in [0.05, 0.1) is 18.6 Å². The first-order valence-electron chi connectivity index (χ1n) is 23.6. The van der Waals surface area contributed by atoms with Gasteiger partial charge in [0.2, 0.25) is 5.91 Å². The molecule has 3 aliphatic heterocycles. The maximum Gasteiger partial charge on any atom is 0.420 e. The standard InChI is InChI=1S/C51H59N9O5/c1-56-40(29-42-41(17-20-53-48(42)56)39-12-15-46(52)54-30-39)27-33-3-2-4-36(7-5-33)37-8-10-38(11-9-37)50(63)59-21-18-34(19-22-59)31-57-23-25-58(26-24-57)32-35-6-13-43-45(28-35)65-51(64)60(43)44-14-16-47(61)55-49(44)62/h6,8-13,15,17,20,28-31,33-34,36,44,47,61H,2-5,7,14,16,18-19,21-27,32H2,1H3,(H2-,52,53,54,55,62)/p+1/t33-,36?,44?,47?/m1/s1. The molecule has 6 aromatic rings. The molecule has 338 valence electrons. The molecule has 4 aliphatic rings. The van der Waals surface area contributed by atoms with Crippen LogP contribution in [0.3, 0.4) is 0 Å². The quantitative estimate of drug-likeness (QED) is 0.112. The number of fused-ring (bicyclic) bond motifs is 2. The van der Waals surface area contributed by atoms with E-state index in [2.05, 4.69) is 74.0 Å². The molecule has 2 amide bonds. The average molecular weight is 879 g/mol. The van der Waals surface area contributed by atoms with Crippen molar-refractivity contribution < 1.29 is 23.7 Å². The number of piperazine rings is 1. The van der Waals surface area contributed by atoms with Gasteiger partial charge in [-0.1, -0.05) is 31.0 Å². The summed E-state index contributed by atoms with van der Waals surface area (Å²) >= 11 is 0. The van der Waals surface area contributed by atoms with E-state index in [1.165, 1.54) is 41.5 Å². The molecular weight excluding hydrogens is 819 g/mol. The van der Waals surface area contributed by atoms with Crippen molar-refractivity contribution >= 4 is 46.0 Å². The number of nitrogen functional groups attached to an aromatic ring is 1. The van der Waals surface area contributed by atoms with E-state index in [1.807, 2.05) is 47.6 Å². The maximum atomic E-state index is 13.7. The third kappa shape index (κ3) is 9.11. The number of likely N-dealkylation sites (tertiary alicyclic amines) is 1. The molecule has 10 rings (SSSR count). The minimum atomic E-state index is -0.882. The molecule has 1 saturated carbocycles. The van der Waals surface area contributed by atoms with Gasteiger partial charge < -0.3 is 30.0 Å². The highest BCUT2D eigenvalue weighted by molar-refractivity contribution is 5.95. The highest BCUT2D eigenvalue weighted by atomic mass is 16.4. The van der Waals surface area contributed by atoms with E-state index in [-0.39, 0.29) is 11.8 Å². The lowest BCUT2D eigenvalue weighted by Crippen LogP contribution is -2.46. The van der Waals surface area contributed by atoms with Crippen molar-refractivity contribution in [1.29, 1.82) is 0 Å². The van der Waals surface area contributed by atoms with Crippen LogP contribution >= 0.6 is 0 Å². The first kappa shape index (κ1) is 42.8. The van der Waals surface area contributed by atoms with Crippen LogP contribution in [0.5, 0.6) is 0 Å². The molecule has 4 atom stereocenters. The van der Waals surface area contributed by atoms with Gasteiger partial charge in [-0.3, -0.25) is 19.1 Å². The van der Waals surface area contributed by atoms with Gasteiger partial charge in [-0.2, -0.15) is 0 Å². The van der Waals surface area contributed by atoms with Crippen molar-refractivity contribution in [2.75, 3.05) is 45.0 Å². The molecule has 1 aliphatic carbocycles. The Hall–Kier alpha value is -6.12. The molecule has 65 heavy (non-hydrogen) atoms. The molecule has 2 aromatic carbocycles.